The highest BCUT2D eigenvalue weighted by Gasteiger charge is 2.41. The lowest BCUT2D eigenvalue weighted by atomic mass is 10.0. The average Bonchev–Trinajstić information content (AvgIpc) is 3.29. The molecule has 1 fully saturated rings. The van der Waals surface area contributed by atoms with Gasteiger partial charge in [0.2, 0.25) is 5.91 Å². The van der Waals surface area contributed by atoms with Gasteiger partial charge in [-0.05, 0) is 48.9 Å². The summed E-state index contributed by atoms with van der Waals surface area (Å²) in [6.07, 6.45) is -0.709. The number of carbonyl (C=O) groups is 1. The number of aromatic nitrogens is 4. The molecule has 1 amide bonds. The minimum absolute atomic E-state index is 0.0255. The van der Waals surface area contributed by atoms with Crippen molar-refractivity contribution in [3.8, 4) is 28.3 Å². The van der Waals surface area contributed by atoms with E-state index in [9.17, 15) is 18.0 Å². The zero-order valence-electron chi connectivity index (χ0n) is 20.5. The summed E-state index contributed by atoms with van der Waals surface area (Å²) in [6, 6.07) is 11.7. The number of rotatable bonds is 8. The van der Waals surface area contributed by atoms with E-state index in [1.165, 1.54) is 16.9 Å². The minimum Gasteiger partial charge on any atom is -0.481 e. The number of pyridine rings is 1. The van der Waals surface area contributed by atoms with Crippen LogP contribution in [-0.4, -0.2) is 50.8 Å². The highest BCUT2D eigenvalue weighted by molar-refractivity contribution is 5.75. The van der Waals surface area contributed by atoms with E-state index in [-0.39, 0.29) is 11.5 Å². The predicted octanol–water partition coefficient (Wildman–Crippen LogP) is 4.12. The molecule has 38 heavy (non-hydrogen) atoms. The maximum atomic E-state index is 13.3. The van der Waals surface area contributed by atoms with Gasteiger partial charge < -0.3 is 20.5 Å². The van der Waals surface area contributed by atoms with E-state index in [2.05, 4.69) is 20.4 Å². The van der Waals surface area contributed by atoms with Crippen molar-refractivity contribution in [2.75, 3.05) is 25.5 Å². The summed E-state index contributed by atoms with van der Waals surface area (Å²) in [5.41, 5.74) is 6.15. The topological polar surface area (TPSA) is 117 Å². The largest absolute Gasteiger partial charge is 0.481 e. The van der Waals surface area contributed by atoms with E-state index in [1.807, 2.05) is 19.1 Å². The van der Waals surface area contributed by atoms with Gasteiger partial charge in [0, 0.05) is 23.7 Å². The molecular formula is C26H25F3N6O3. The van der Waals surface area contributed by atoms with Crippen LogP contribution in [0.1, 0.15) is 25.3 Å². The molecule has 1 aliphatic heterocycles. The number of hydrogen-bond donors (Lipinski definition) is 2. The Hall–Kier alpha value is -4.19. The van der Waals surface area contributed by atoms with Gasteiger partial charge in [0.05, 0.1) is 42.9 Å². The molecule has 0 spiro atoms. The Labute approximate surface area is 215 Å². The van der Waals surface area contributed by atoms with Crippen molar-refractivity contribution in [3.63, 3.8) is 0 Å². The number of amides is 1. The van der Waals surface area contributed by atoms with Crippen LogP contribution in [0.15, 0.2) is 54.9 Å². The van der Waals surface area contributed by atoms with Crippen LogP contribution in [0, 0.1) is 0 Å². The summed E-state index contributed by atoms with van der Waals surface area (Å²) in [6.45, 7) is 3.04. The Balaban J connectivity index is 1.37. The molecule has 1 saturated heterocycles. The molecule has 1 aromatic carbocycles. The number of alkyl halides is 3. The fourth-order valence-corrected chi connectivity index (χ4v) is 4.11. The smallest absolute Gasteiger partial charge is 0.419 e. The van der Waals surface area contributed by atoms with Gasteiger partial charge in [-0.3, -0.25) is 4.79 Å². The molecule has 9 nitrogen and oxygen atoms in total. The van der Waals surface area contributed by atoms with Gasteiger partial charge in [-0.25, -0.2) is 14.5 Å². The number of nitrogens with zero attached hydrogens (tertiary/aromatic N) is 4. The standard InChI is InChI=1S/C26H25F3N6O3/c1-2-3-23(36)33-13-25(14-37-15-25)38-18-6-4-16(5-7-18)20-8-9-22-31-12-21(35(22)34-20)17-10-19(26(27,28)29)24(30)32-11-17/h4-12H,2-3,13-15H2,1H3,(H2,30,32)(H,33,36). The van der Waals surface area contributed by atoms with Crippen LogP contribution < -0.4 is 15.8 Å². The van der Waals surface area contributed by atoms with Gasteiger partial charge in [0.25, 0.3) is 0 Å². The summed E-state index contributed by atoms with van der Waals surface area (Å²) in [5, 5.41) is 7.49. The van der Waals surface area contributed by atoms with Crippen LogP contribution >= 0.6 is 0 Å². The molecule has 3 N–H and O–H groups in total. The first-order valence-corrected chi connectivity index (χ1v) is 12.0. The predicted molar refractivity (Wildman–Crippen MR) is 133 cm³/mol. The number of anilines is 1. The number of halogens is 3. The lowest BCUT2D eigenvalue weighted by Gasteiger charge is -2.41. The molecular weight excluding hydrogens is 501 g/mol. The number of nitrogens with two attached hydrogens (primary N) is 1. The summed E-state index contributed by atoms with van der Waals surface area (Å²) in [5.74, 6) is -0.00845. The number of nitrogen functional groups attached to an aromatic ring is 1. The molecule has 5 rings (SSSR count). The van der Waals surface area contributed by atoms with E-state index < -0.39 is 23.2 Å². The van der Waals surface area contributed by atoms with E-state index in [4.69, 9.17) is 15.2 Å². The molecule has 0 saturated carbocycles. The molecule has 3 aromatic heterocycles. The monoisotopic (exact) mass is 526 g/mol. The second-order valence-corrected chi connectivity index (χ2v) is 9.12. The Bertz CT molecular complexity index is 1470. The fourth-order valence-electron chi connectivity index (χ4n) is 4.11. The van der Waals surface area contributed by atoms with E-state index in [0.29, 0.717) is 49.0 Å². The summed E-state index contributed by atoms with van der Waals surface area (Å²) in [7, 11) is 0. The van der Waals surface area contributed by atoms with Gasteiger partial charge in [0.15, 0.2) is 11.2 Å². The zero-order chi connectivity index (χ0) is 26.9. The zero-order valence-corrected chi connectivity index (χ0v) is 20.5. The number of ether oxygens (including phenoxy) is 2. The van der Waals surface area contributed by atoms with Gasteiger partial charge in [-0.1, -0.05) is 6.92 Å². The van der Waals surface area contributed by atoms with Crippen molar-refractivity contribution < 1.29 is 27.4 Å². The van der Waals surface area contributed by atoms with Crippen LogP contribution in [0.5, 0.6) is 5.75 Å². The molecule has 12 heteroatoms. The molecule has 0 aliphatic carbocycles. The van der Waals surface area contributed by atoms with Crippen molar-refractivity contribution >= 4 is 17.4 Å². The Morgan fingerprint density at radius 3 is 2.55 bits per heavy atom. The van der Waals surface area contributed by atoms with Gasteiger partial charge in [-0.2, -0.15) is 18.3 Å². The van der Waals surface area contributed by atoms with Crippen molar-refractivity contribution in [1.82, 2.24) is 24.9 Å². The normalized spacial score (nSPS) is 14.7. The quantitative estimate of drug-likeness (QED) is 0.355. The fraction of sp³-hybridized carbons (Fsp3) is 0.308. The first kappa shape index (κ1) is 25.5. The number of fused-ring (bicyclic) bond motifs is 1. The highest BCUT2D eigenvalue weighted by atomic mass is 19.4. The molecule has 1 aliphatic rings. The third-order valence-corrected chi connectivity index (χ3v) is 6.18. The Morgan fingerprint density at radius 2 is 1.89 bits per heavy atom. The van der Waals surface area contributed by atoms with Crippen LogP contribution in [0.25, 0.3) is 28.2 Å². The number of carbonyl (C=O) groups excluding carboxylic acids is 1. The van der Waals surface area contributed by atoms with Crippen LogP contribution in [-0.2, 0) is 15.7 Å². The number of imidazole rings is 1. The Morgan fingerprint density at radius 1 is 1.13 bits per heavy atom. The summed E-state index contributed by atoms with van der Waals surface area (Å²) >= 11 is 0. The van der Waals surface area contributed by atoms with E-state index in [1.54, 1.807) is 24.3 Å². The van der Waals surface area contributed by atoms with Crippen molar-refractivity contribution in [3.05, 3.63) is 60.4 Å². The maximum Gasteiger partial charge on any atom is 0.419 e. The third-order valence-electron chi connectivity index (χ3n) is 6.18. The van der Waals surface area contributed by atoms with E-state index >= 15 is 0 Å². The molecule has 4 aromatic rings. The van der Waals surface area contributed by atoms with Crippen LogP contribution in [0.4, 0.5) is 19.0 Å². The van der Waals surface area contributed by atoms with Crippen molar-refractivity contribution in [1.29, 1.82) is 0 Å². The average molecular weight is 527 g/mol. The molecule has 0 bridgehead atoms. The SMILES string of the molecule is CCCC(=O)NCC1(Oc2ccc(-c3ccc4ncc(-c5cnc(N)c(C(F)(F)F)c5)n4n3)cc2)COC1. The first-order valence-electron chi connectivity index (χ1n) is 12.0. The molecule has 4 heterocycles. The second kappa shape index (κ2) is 9.93. The Kier molecular flexibility index (Phi) is 6.66. The summed E-state index contributed by atoms with van der Waals surface area (Å²) in [4.78, 5) is 19.8. The number of benzene rings is 1. The lowest BCUT2D eigenvalue weighted by molar-refractivity contribution is -0.161. The van der Waals surface area contributed by atoms with Gasteiger partial charge in [0.1, 0.15) is 11.6 Å². The maximum absolute atomic E-state index is 13.3. The van der Waals surface area contributed by atoms with Gasteiger partial charge >= 0.3 is 6.18 Å². The second-order valence-electron chi connectivity index (χ2n) is 9.12. The lowest BCUT2D eigenvalue weighted by Crippen LogP contribution is -2.61. The van der Waals surface area contributed by atoms with Crippen LogP contribution in [0.2, 0.25) is 0 Å². The molecule has 0 atom stereocenters. The third kappa shape index (κ3) is 5.12. The first-order chi connectivity index (χ1) is 18.2. The van der Waals surface area contributed by atoms with Crippen molar-refractivity contribution in [2.45, 2.75) is 31.5 Å². The highest BCUT2D eigenvalue weighted by Crippen LogP contribution is 2.35. The number of hydrogen-bond acceptors (Lipinski definition) is 7. The number of nitrogens with one attached hydrogen (secondary N) is 1. The van der Waals surface area contributed by atoms with Crippen LogP contribution in [0.3, 0.4) is 0 Å². The molecule has 198 valence electrons. The van der Waals surface area contributed by atoms with Gasteiger partial charge in [-0.15, -0.1) is 0 Å². The van der Waals surface area contributed by atoms with Crippen molar-refractivity contribution in [2.24, 2.45) is 0 Å². The molecule has 0 radical (unpaired) electrons. The molecule has 0 unspecified atom stereocenters. The van der Waals surface area contributed by atoms with E-state index in [0.717, 1.165) is 18.1 Å². The minimum atomic E-state index is -4.64. The summed E-state index contributed by atoms with van der Waals surface area (Å²) < 4.78 is 53.0.